The molecule has 4 nitrogen and oxygen atoms in total. The van der Waals surface area contributed by atoms with E-state index in [4.69, 9.17) is 9.47 Å². The van der Waals surface area contributed by atoms with Gasteiger partial charge in [-0.15, -0.1) is 0 Å². The lowest BCUT2D eigenvalue weighted by atomic mass is 9.80. The van der Waals surface area contributed by atoms with Crippen LogP contribution in [0.4, 0.5) is 4.39 Å². The number of esters is 2. The van der Waals surface area contributed by atoms with Gasteiger partial charge in [-0.2, -0.15) is 0 Å². The fourth-order valence-electron chi connectivity index (χ4n) is 1.99. The van der Waals surface area contributed by atoms with Gasteiger partial charge in [-0.3, -0.25) is 14.0 Å². The van der Waals surface area contributed by atoms with Crippen molar-refractivity contribution in [3.63, 3.8) is 0 Å². The standard InChI is InChI=1S/C14H25FO4/c1-4-14(12(16)18-5-2,13(17)19-6-3)10-8-7-9-11-15/h4-11H2,1-3H3. The molecule has 0 aliphatic rings. The Morgan fingerprint density at radius 3 is 1.84 bits per heavy atom. The number of rotatable bonds is 10. The normalized spacial score (nSPS) is 11.2. The third-order valence-electron chi connectivity index (χ3n) is 3.17. The topological polar surface area (TPSA) is 52.6 Å². The Morgan fingerprint density at radius 2 is 1.47 bits per heavy atom. The fraction of sp³-hybridized carbons (Fsp3) is 0.857. The van der Waals surface area contributed by atoms with Gasteiger partial charge in [0.25, 0.3) is 0 Å². The number of hydrogen-bond donors (Lipinski definition) is 0. The minimum absolute atomic E-state index is 0.227. The first kappa shape index (κ1) is 17.9. The predicted octanol–water partition coefficient (Wildman–Crippen LogP) is 3.04. The lowest BCUT2D eigenvalue weighted by Gasteiger charge is -2.27. The molecule has 0 amide bonds. The first-order valence-electron chi connectivity index (χ1n) is 6.99. The van der Waals surface area contributed by atoms with Crippen molar-refractivity contribution in [1.82, 2.24) is 0 Å². The number of unbranched alkanes of at least 4 members (excludes halogenated alkanes) is 2. The Bertz CT molecular complexity index is 261. The van der Waals surface area contributed by atoms with E-state index in [0.717, 1.165) is 0 Å². The number of alkyl halides is 1. The van der Waals surface area contributed by atoms with Crippen LogP contribution in [0.15, 0.2) is 0 Å². The molecule has 0 aromatic heterocycles. The van der Waals surface area contributed by atoms with Gasteiger partial charge >= 0.3 is 11.9 Å². The number of hydrogen-bond acceptors (Lipinski definition) is 4. The van der Waals surface area contributed by atoms with E-state index in [9.17, 15) is 14.0 Å². The maximum atomic E-state index is 12.1. The van der Waals surface area contributed by atoms with Crippen molar-refractivity contribution in [3.8, 4) is 0 Å². The molecule has 19 heavy (non-hydrogen) atoms. The average molecular weight is 276 g/mol. The predicted molar refractivity (Wildman–Crippen MR) is 70.4 cm³/mol. The fourth-order valence-corrected chi connectivity index (χ4v) is 1.99. The summed E-state index contributed by atoms with van der Waals surface area (Å²) in [6.45, 7) is 5.25. The summed E-state index contributed by atoms with van der Waals surface area (Å²) in [6, 6.07) is 0. The van der Waals surface area contributed by atoms with Crippen molar-refractivity contribution in [1.29, 1.82) is 0 Å². The molecular weight excluding hydrogens is 251 g/mol. The maximum absolute atomic E-state index is 12.1. The Labute approximate surface area is 114 Å². The largest absolute Gasteiger partial charge is 0.465 e. The van der Waals surface area contributed by atoms with Crippen LogP contribution in [0.3, 0.4) is 0 Å². The maximum Gasteiger partial charge on any atom is 0.323 e. The Hall–Kier alpha value is -1.13. The lowest BCUT2D eigenvalue weighted by Crippen LogP contribution is -2.41. The van der Waals surface area contributed by atoms with Gasteiger partial charge in [-0.25, -0.2) is 0 Å². The van der Waals surface area contributed by atoms with Crippen LogP contribution in [-0.2, 0) is 19.1 Å². The van der Waals surface area contributed by atoms with Gasteiger partial charge in [-0.05, 0) is 33.1 Å². The highest BCUT2D eigenvalue weighted by Gasteiger charge is 2.46. The van der Waals surface area contributed by atoms with E-state index in [1.807, 2.05) is 0 Å². The second kappa shape index (κ2) is 9.75. The molecule has 0 aliphatic carbocycles. The molecule has 0 unspecified atom stereocenters. The monoisotopic (exact) mass is 276 g/mol. The highest BCUT2D eigenvalue weighted by Crippen LogP contribution is 2.32. The highest BCUT2D eigenvalue weighted by atomic mass is 19.1. The van der Waals surface area contributed by atoms with Crippen molar-refractivity contribution in [2.24, 2.45) is 5.41 Å². The first-order chi connectivity index (χ1) is 9.08. The molecule has 0 atom stereocenters. The van der Waals surface area contributed by atoms with E-state index < -0.39 is 17.4 Å². The molecule has 0 fully saturated rings. The molecule has 0 saturated carbocycles. The molecule has 0 saturated heterocycles. The van der Waals surface area contributed by atoms with Crippen molar-refractivity contribution in [3.05, 3.63) is 0 Å². The molecule has 0 aromatic carbocycles. The molecule has 0 N–H and O–H groups in total. The second-order valence-electron chi connectivity index (χ2n) is 4.38. The molecule has 112 valence electrons. The Balaban J connectivity index is 4.84. The minimum atomic E-state index is -1.23. The number of carbonyl (C=O) groups is 2. The molecule has 5 heteroatoms. The zero-order valence-corrected chi connectivity index (χ0v) is 12.2. The smallest absolute Gasteiger partial charge is 0.323 e. The van der Waals surface area contributed by atoms with Crippen LogP contribution in [0.1, 0.15) is 52.9 Å². The number of halogens is 1. The van der Waals surface area contributed by atoms with Crippen molar-refractivity contribution >= 4 is 11.9 Å². The molecule has 0 aromatic rings. The third-order valence-corrected chi connectivity index (χ3v) is 3.17. The van der Waals surface area contributed by atoms with Gasteiger partial charge in [0.15, 0.2) is 5.41 Å². The summed E-state index contributed by atoms with van der Waals surface area (Å²) in [6.07, 6.45) is 2.39. The summed E-state index contributed by atoms with van der Waals surface area (Å²) < 4.78 is 22.1. The van der Waals surface area contributed by atoms with Gasteiger partial charge in [-0.1, -0.05) is 19.8 Å². The molecule has 0 rings (SSSR count). The summed E-state index contributed by atoms with van der Waals surface area (Å²) >= 11 is 0. The molecular formula is C14H25FO4. The minimum Gasteiger partial charge on any atom is -0.465 e. The summed E-state index contributed by atoms with van der Waals surface area (Å²) in [5, 5.41) is 0. The summed E-state index contributed by atoms with van der Waals surface area (Å²) in [4.78, 5) is 24.2. The van der Waals surface area contributed by atoms with Crippen LogP contribution >= 0.6 is 0 Å². The van der Waals surface area contributed by atoms with E-state index in [0.29, 0.717) is 32.1 Å². The van der Waals surface area contributed by atoms with Crippen LogP contribution in [-0.4, -0.2) is 31.8 Å². The van der Waals surface area contributed by atoms with Crippen LogP contribution < -0.4 is 0 Å². The quantitative estimate of drug-likeness (QED) is 0.349. The van der Waals surface area contributed by atoms with E-state index in [1.54, 1.807) is 20.8 Å². The summed E-state index contributed by atoms with van der Waals surface area (Å²) in [5.74, 6) is -1.06. The Kier molecular flexibility index (Phi) is 9.17. The highest BCUT2D eigenvalue weighted by molar-refractivity contribution is 6.00. The van der Waals surface area contributed by atoms with Crippen molar-refractivity contribution in [2.75, 3.05) is 19.9 Å². The van der Waals surface area contributed by atoms with Gasteiger partial charge in [0.05, 0.1) is 19.9 Å². The van der Waals surface area contributed by atoms with E-state index in [2.05, 4.69) is 0 Å². The van der Waals surface area contributed by atoms with Crippen LogP contribution in [0, 0.1) is 5.41 Å². The molecule has 0 bridgehead atoms. The zero-order chi connectivity index (χ0) is 14.7. The van der Waals surface area contributed by atoms with Crippen LogP contribution in [0.2, 0.25) is 0 Å². The summed E-state index contributed by atoms with van der Waals surface area (Å²) in [5.41, 5.74) is -1.23. The number of carbonyl (C=O) groups excluding carboxylic acids is 2. The van der Waals surface area contributed by atoms with Crippen LogP contribution in [0.25, 0.3) is 0 Å². The van der Waals surface area contributed by atoms with Gasteiger partial charge in [0.1, 0.15) is 0 Å². The second-order valence-corrected chi connectivity index (χ2v) is 4.38. The lowest BCUT2D eigenvalue weighted by molar-refractivity contribution is -0.173. The van der Waals surface area contributed by atoms with E-state index in [1.165, 1.54) is 0 Å². The van der Waals surface area contributed by atoms with Crippen molar-refractivity contribution in [2.45, 2.75) is 52.9 Å². The molecule has 0 spiro atoms. The number of ether oxygens (including phenoxy) is 2. The van der Waals surface area contributed by atoms with Gasteiger partial charge in [0.2, 0.25) is 0 Å². The first-order valence-corrected chi connectivity index (χ1v) is 6.99. The van der Waals surface area contributed by atoms with E-state index >= 15 is 0 Å². The third kappa shape index (κ3) is 5.17. The molecule has 0 radical (unpaired) electrons. The van der Waals surface area contributed by atoms with Gasteiger partial charge in [0, 0.05) is 0 Å². The Morgan fingerprint density at radius 1 is 0.947 bits per heavy atom. The SMILES string of the molecule is CCOC(=O)C(CC)(CCCCCF)C(=O)OCC. The molecule has 0 heterocycles. The van der Waals surface area contributed by atoms with E-state index in [-0.39, 0.29) is 19.9 Å². The molecule has 0 aliphatic heterocycles. The van der Waals surface area contributed by atoms with Crippen LogP contribution in [0.5, 0.6) is 0 Å². The average Bonchev–Trinajstić information content (AvgIpc) is 2.40. The summed E-state index contributed by atoms with van der Waals surface area (Å²) in [7, 11) is 0. The van der Waals surface area contributed by atoms with Gasteiger partial charge < -0.3 is 9.47 Å². The van der Waals surface area contributed by atoms with Crippen molar-refractivity contribution < 1.29 is 23.5 Å². The zero-order valence-electron chi connectivity index (χ0n) is 12.2.